The fourth-order valence-corrected chi connectivity index (χ4v) is 6.01. The molecule has 6 rings (SSSR count). The van der Waals surface area contributed by atoms with Crippen molar-refractivity contribution in [3.8, 4) is 27.6 Å². The summed E-state index contributed by atoms with van der Waals surface area (Å²) in [6, 6.07) is 19.1. The number of hydrogen-bond acceptors (Lipinski definition) is 9. The van der Waals surface area contributed by atoms with Crippen LogP contribution in [0.25, 0.3) is 26.3 Å². The van der Waals surface area contributed by atoms with Crippen molar-refractivity contribution in [2.45, 2.75) is 46.8 Å². The molecule has 10 nitrogen and oxygen atoms in total. The molecule has 0 aliphatic carbocycles. The average Bonchev–Trinajstić information content (AvgIpc) is 3.70. The van der Waals surface area contributed by atoms with Crippen LogP contribution in [0.5, 0.6) is 11.5 Å². The molecule has 0 aliphatic rings. The Morgan fingerprint density at radius 1 is 1.07 bits per heavy atom. The Bertz CT molecular complexity index is 2010. The number of rotatable bonds is 8. The molecule has 11 heteroatoms. The normalized spacial score (nSPS) is 11.3. The van der Waals surface area contributed by atoms with E-state index in [9.17, 15) is 14.7 Å². The molecule has 4 heterocycles. The van der Waals surface area contributed by atoms with Gasteiger partial charge in [0.15, 0.2) is 6.29 Å². The summed E-state index contributed by atoms with van der Waals surface area (Å²) in [4.78, 5) is 29.0. The highest BCUT2D eigenvalue weighted by molar-refractivity contribution is 7.22. The number of nitrogens with one attached hydrogen (secondary N) is 1. The lowest BCUT2D eigenvalue weighted by molar-refractivity contribution is 0.0546. The number of aromatic nitrogens is 4. The number of anilines is 1. The molecule has 0 unspecified atom stereocenters. The van der Waals surface area contributed by atoms with Gasteiger partial charge in [-0.25, -0.2) is 4.68 Å². The molecule has 0 atom stereocenters. The molecule has 4 aromatic heterocycles. The van der Waals surface area contributed by atoms with Crippen molar-refractivity contribution in [3.05, 3.63) is 106 Å². The van der Waals surface area contributed by atoms with Gasteiger partial charge in [0, 0.05) is 35.6 Å². The first kappa shape index (κ1) is 31.4. The van der Waals surface area contributed by atoms with Crippen LogP contribution < -0.4 is 15.6 Å². The number of carbonyl (C=O) groups is 1. The van der Waals surface area contributed by atoms with E-state index < -0.39 is 5.60 Å². The van der Waals surface area contributed by atoms with Crippen molar-refractivity contribution < 1.29 is 19.2 Å². The van der Waals surface area contributed by atoms with E-state index in [1.54, 1.807) is 61.3 Å². The van der Waals surface area contributed by atoms with Gasteiger partial charge in [-0.2, -0.15) is 0 Å². The van der Waals surface area contributed by atoms with Gasteiger partial charge in [0.2, 0.25) is 0 Å². The number of hydrogen-bond donors (Lipinski definition) is 2. The van der Waals surface area contributed by atoms with Gasteiger partial charge in [-0.05, 0) is 76.6 Å². The molecule has 0 radical (unpaired) electrons. The van der Waals surface area contributed by atoms with Crippen molar-refractivity contribution in [1.82, 2.24) is 19.5 Å². The first-order valence-electron chi connectivity index (χ1n) is 14.3. The van der Waals surface area contributed by atoms with E-state index in [0.29, 0.717) is 17.7 Å². The maximum Gasteiger partial charge on any atom is 0.282 e. The second-order valence-corrected chi connectivity index (χ2v) is 12.3. The number of aliphatic hydroxyl groups is 1. The highest BCUT2D eigenvalue weighted by atomic mass is 32.1. The summed E-state index contributed by atoms with van der Waals surface area (Å²) in [5.74, 6) is 2.44. The van der Waals surface area contributed by atoms with Crippen LogP contribution in [0, 0.1) is 20.8 Å². The molecule has 2 N–H and O–H groups in total. The topological polar surface area (TPSA) is 124 Å². The molecular weight excluding hydrogens is 590 g/mol. The largest absolute Gasteiger partial charge is 0.455 e. The van der Waals surface area contributed by atoms with Gasteiger partial charge in [-0.15, -0.1) is 11.3 Å². The zero-order chi connectivity index (χ0) is 32.3. The number of para-hydroxylation sites is 1. The minimum Gasteiger partial charge on any atom is -0.455 e. The summed E-state index contributed by atoms with van der Waals surface area (Å²) in [5, 5.41) is 17.0. The van der Waals surface area contributed by atoms with E-state index in [2.05, 4.69) is 21.5 Å². The Morgan fingerprint density at radius 3 is 2.44 bits per heavy atom. The third-order valence-electron chi connectivity index (χ3n) is 7.17. The highest BCUT2D eigenvalue weighted by Crippen LogP contribution is 2.40. The molecule has 0 amide bonds. The van der Waals surface area contributed by atoms with Gasteiger partial charge < -0.3 is 19.7 Å². The molecule has 232 valence electrons. The van der Waals surface area contributed by atoms with Gasteiger partial charge >= 0.3 is 0 Å². The van der Waals surface area contributed by atoms with E-state index in [1.807, 2.05) is 63.4 Å². The quantitative estimate of drug-likeness (QED) is 0.175. The summed E-state index contributed by atoms with van der Waals surface area (Å²) in [6.07, 6.45) is 4.07. The maximum atomic E-state index is 12.4. The van der Waals surface area contributed by atoms with E-state index in [0.717, 1.165) is 49.2 Å². The van der Waals surface area contributed by atoms with Crippen LogP contribution in [0.15, 0.2) is 82.4 Å². The Kier molecular flexibility index (Phi) is 9.03. The number of thiophene rings is 1. The number of pyridine rings is 1. The second kappa shape index (κ2) is 12.9. The zero-order valence-electron chi connectivity index (χ0n) is 26.0. The van der Waals surface area contributed by atoms with E-state index >= 15 is 0 Å². The summed E-state index contributed by atoms with van der Waals surface area (Å²) in [6.45, 7) is 9.19. The molecule has 0 saturated carbocycles. The van der Waals surface area contributed by atoms with Crippen LogP contribution in [0.4, 0.5) is 5.69 Å². The summed E-state index contributed by atoms with van der Waals surface area (Å²) >= 11 is 1.63. The van der Waals surface area contributed by atoms with Crippen molar-refractivity contribution in [1.29, 1.82) is 0 Å². The minimum absolute atomic E-state index is 0.123. The first-order valence-corrected chi connectivity index (χ1v) is 15.1. The first-order chi connectivity index (χ1) is 21.5. The van der Waals surface area contributed by atoms with Crippen LogP contribution in [0.1, 0.15) is 41.2 Å². The predicted molar refractivity (Wildman–Crippen MR) is 177 cm³/mol. The Balaban J connectivity index is 0.000000183. The number of fused-ring (bicyclic) bond motifs is 1. The van der Waals surface area contributed by atoms with Gasteiger partial charge in [0.25, 0.3) is 5.56 Å². The van der Waals surface area contributed by atoms with E-state index in [4.69, 9.17) is 9.26 Å². The zero-order valence-corrected chi connectivity index (χ0v) is 26.8. The fraction of sp³-hybridized carbons (Fsp3) is 0.235. The standard InChI is InChI=1S/C19H17N3O2S.C15H18N2O3/c1-11-8-13(20-3)4-5-16(11)23-17-6-7-21-15-9-18(25-19(15)17)14-10-22-24-12(14)2;1-11-13(9-18)14(19)17(12-7-5-4-6-8-12)16(11)10-15(2,3)20/h4-10,20H,1-3H3;4-9,20H,10H2,1-3H3. The van der Waals surface area contributed by atoms with Crippen LogP contribution in [-0.2, 0) is 6.54 Å². The lowest BCUT2D eigenvalue weighted by atomic mass is 10.1. The smallest absolute Gasteiger partial charge is 0.282 e. The SMILES string of the molecule is CNc1ccc(Oc2ccnc3cc(-c4cnoc4C)sc23)c(C)c1.Cc1c(C=O)c(=O)n(-c2ccccc2)n1CC(C)(C)O. The lowest BCUT2D eigenvalue weighted by Gasteiger charge is -2.22. The van der Waals surface area contributed by atoms with Crippen LogP contribution in [-0.4, -0.2) is 43.5 Å². The van der Waals surface area contributed by atoms with E-state index in [1.165, 1.54) is 4.68 Å². The Labute approximate surface area is 264 Å². The lowest BCUT2D eigenvalue weighted by Crippen LogP contribution is -2.32. The molecule has 2 aromatic carbocycles. The summed E-state index contributed by atoms with van der Waals surface area (Å²) in [5.41, 5.74) is 4.01. The van der Waals surface area contributed by atoms with Crippen molar-refractivity contribution in [3.63, 3.8) is 0 Å². The number of aldehydes is 1. The van der Waals surface area contributed by atoms with Gasteiger partial charge in [-0.1, -0.05) is 23.4 Å². The minimum atomic E-state index is -0.993. The molecule has 0 saturated heterocycles. The van der Waals surface area contributed by atoms with Gasteiger partial charge in [0.1, 0.15) is 22.8 Å². The van der Waals surface area contributed by atoms with Crippen LogP contribution >= 0.6 is 11.3 Å². The summed E-state index contributed by atoms with van der Waals surface area (Å²) < 4.78 is 15.4. The van der Waals surface area contributed by atoms with Crippen LogP contribution in [0.3, 0.4) is 0 Å². The van der Waals surface area contributed by atoms with Gasteiger partial charge in [0.05, 0.1) is 39.8 Å². The Hall–Kier alpha value is -5.00. The fourth-order valence-electron chi connectivity index (χ4n) is 4.89. The van der Waals surface area contributed by atoms with Gasteiger partial charge in [-0.3, -0.25) is 19.3 Å². The third-order valence-corrected chi connectivity index (χ3v) is 8.34. The molecule has 6 aromatic rings. The molecule has 0 aliphatic heterocycles. The van der Waals surface area contributed by atoms with Crippen LogP contribution in [0.2, 0.25) is 0 Å². The molecule has 45 heavy (non-hydrogen) atoms. The molecular formula is C34H35N5O5S. The van der Waals surface area contributed by atoms with Crippen molar-refractivity contribution >= 4 is 33.5 Å². The molecule has 0 spiro atoms. The monoisotopic (exact) mass is 625 g/mol. The van der Waals surface area contributed by atoms with Crippen molar-refractivity contribution in [2.75, 3.05) is 12.4 Å². The number of benzene rings is 2. The number of aryl methyl sites for hydroxylation is 2. The van der Waals surface area contributed by atoms with E-state index in [-0.39, 0.29) is 17.7 Å². The summed E-state index contributed by atoms with van der Waals surface area (Å²) in [7, 11) is 1.90. The highest BCUT2D eigenvalue weighted by Gasteiger charge is 2.22. The maximum absolute atomic E-state index is 12.4. The second-order valence-electron chi connectivity index (χ2n) is 11.2. The van der Waals surface area contributed by atoms with Crippen molar-refractivity contribution in [2.24, 2.45) is 0 Å². The molecule has 0 fully saturated rings. The third kappa shape index (κ3) is 6.74. The number of ether oxygens (including phenoxy) is 1. The average molecular weight is 626 g/mol. The molecule has 0 bridgehead atoms. The number of nitrogens with zero attached hydrogens (tertiary/aromatic N) is 4. The predicted octanol–water partition coefficient (Wildman–Crippen LogP) is 6.93. The Morgan fingerprint density at radius 2 is 1.82 bits per heavy atom. The number of carbonyl (C=O) groups excluding carboxylic acids is 1.